The number of rotatable bonds is 4. The van der Waals surface area contributed by atoms with Gasteiger partial charge in [0.05, 0.1) is 7.11 Å². The van der Waals surface area contributed by atoms with Gasteiger partial charge < -0.3 is 14.9 Å². The standard InChI is InChI=1S/C11H12O3.C4H6O2/c1-8(11(12)13)7-9-5-3-4-6-10(9)14-2;1-3(2)4(5)6/h3-7H,1-2H3,(H,12,13);1H2,2H3,(H,5,6). The Hall–Kier alpha value is -2.56. The smallest absolute Gasteiger partial charge is 0.331 e. The highest BCUT2D eigenvalue weighted by Crippen LogP contribution is 2.20. The maximum atomic E-state index is 10.6. The molecule has 0 aromatic heterocycles. The minimum Gasteiger partial charge on any atom is -0.496 e. The van der Waals surface area contributed by atoms with Gasteiger partial charge in [-0.05, 0) is 26.0 Å². The van der Waals surface area contributed by atoms with Crippen LogP contribution in [0, 0.1) is 0 Å². The summed E-state index contributed by atoms with van der Waals surface area (Å²) in [5, 5.41) is 16.6. The van der Waals surface area contributed by atoms with Crippen LogP contribution in [0.3, 0.4) is 0 Å². The Morgan fingerprint density at radius 2 is 1.65 bits per heavy atom. The predicted octanol–water partition coefficient (Wildman–Crippen LogP) is 2.83. The maximum Gasteiger partial charge on any atom is 0.331 e. The van der Waals surface area contributed by atoms with E-state index >= 15 is 0 Å². The summed E-state index contributed by atoms with van der Waals surface area (Å²) >= 11 is 0. The fourth-order valence-corrected chi connectivity index (χ4v) is 1.08. The summed E-state index contributed by atoms with van der Waals surface area (Å²) < 4.78 is 5.09. The molecule has 5 heteroatoms. The average Bonchev–Trinajstić information content (AvgIpc) is 2.39. The van der Waals surface area contributed by atoms with Crippen LogP contribution in [0.2, 0.25) is 0 Å². The van der Waals surface area contributed by atoms with E-state index in [-0.39, 0.29) is 11.1 Å². The first-order chi connectivity index (χ1) is 9.29. The topological polar surface area (TPSA) is 83.8 Å². The van der Waals surface area contributed by atoms with E-state index in [1.54, 1.807) is 26.2 Å². The molecule has 0 aliphatic rings. The van der Waals surface area contributed by atoms with Crippen molar-refractivity contribution in [3.63, 3.8) is 0 Å². The molecule has 0 aliphatic heterocycles. The second-order valence-electron chi connectivity index (χ2n) is 3.96. The number of methoxy groups -OCH3 is 1. The van der Waals surface area contributed by atoms with Crippen LogP contribution < -0.4 is 4.74 Å². The van der Waals surface area contributed by atoms with Crippen molar-refractivity contribution < 1.29 is 24.5 Å². The summed E-state index contributed by atoms with van der Waals surface area (Å²) in [6, 6.07) is 7.28. The molecule has 0 amide bonds. The summed E-state index contributed by atoms with van der Waals surface area (Å²) in [7, 11) is 1.56. The van der Waals surface area contributed by atoms with E-state index in [0.717, 1.165) is 5.56 Å². The molecule has 0 atom stereocenters. The Morgan fingerprint density at radius 3 is 2.05 bits per heavy atom. The number of carboxylic acid groups (broad SMARTS) is 2. The van der Waals surface area contributed by atoms with Gasteiger partial charge in [0, 0.05) is 16.7 Å². The first-order valence-corrected chi connectivity index (χ1v) is 5.73. The highest BCUT2D eigenvalue weighted by atomic mass is 16.5. The molecule has 0 unspecified atom stereocenters. The van der Waals surface area contributed by atoms with Crippen molar-refractivity contribution in [3.8, 4) is 5.75 Å². The van der Waals surface area contributed by atoms with E-state index in [1.165, 1.54) is 6.92 Å². The number of para-hydroxylation sites is 1. The summed E-state index contributed by atoms with van der Waals surface area (Å²) in [5.74, 6) is -1.18. The number of benzene rings is 1. The second-order valence-corrected chi connectivity index (χ2v) is 3.96. The van der Waals surface area contributed by atoms with Crippen molar-refractivity contribution in [1.82, 2.24) is 0 Å². The van der Waals surface area contributed by atoms with Gasteiger partial charge >= 0.3 is 11.9 Å². The van der Waals surface area contributed by atoms with Gasteiger partial charge in [0.1, 0.15) is 5.75 Å². The van der Waals surface area contributed by atoms with E-state index in [9.17, 15) is 9.59 Å². The molecule has 5 nitrogen and oxygen atoms in total. The van der Waals surface area contributed by atoms with Crippen molar-refractivity contribution in [1.29, 1.82) is 0 Å². The van der Waals surface area contributed by atoms with Gasteiger partial charge in [-0.2, -0.15) is 0 Å². The number of aliphatic carboxylic acids is 2. The monoisotopic (exact) mass is 278 g/mol. The summed E-state index contributed by atoms with van der Waals surface area (Å²) in [5.41, 5.74) is 1.24. The minimum absolute atomic E-state index is 0.176. The van der Waals surface area contributed by atoms with E-state index in [1.807, 2.05) is 18.2 Å². The lowest BCUT2D eigenvalue weighted by molar-refractivity contribution is -0.133. The fourth-order valence-electron chi connectivity index (χ4n) is 1.08. The molecule has 108 valence electrons. The first kappa shape index (κ1) is 17.4. The quantitative estimate of drug-likeness (QED) is 0.827. The van der Waals surface area contributed by atoms with Crippen molar-refractivity contribution in [3.05, 3.63) is 47.6 Å². The number of hydrogen-bond acceptors (Lipinski definition) is 3. The number of ether oxygens (including phenoxy) is 1. The molecule has 0 saturated carbocycles. The van der Waals surface area contributed by atoms with E-state index < -0.39 is 11.9 Å². The van der Waals surface area contributed by atoms with Crippen LogP contribution in [0.4, 0.5) is 0 Å². The summed E-state index contributed by atoms with van der Waals surface area (Å²) in [6.45, 7) is 6.15. The van der Waals surface area contributed by atoms with Gasteiger partial charge in [0.15, 0.2) is 0 Å². The molecule has 0 heterocycles. The van der Waals surface area contributed by atoms with Crippen molar-refractivity contribution in [2.75, 3.05) is 7.11 Å². The van der Waals surface area contributed by atoms with Crippen LogP contribution in [0.15, 0.2) is 42.0 Å². The first-order valence-electron chi connectivity index (χ1n) is 5.73. The number of hydrogen-bond donors (Lipinski definition) is 2. The van der Waals surface area contributed by atoms with Crippen LogP contribution in [-0.2, 0) is 9.59 Å². The predicted molar refractivity (Wildman–Crippen MR) is 76.7 cm³/mol. The van der Waals surface area contributed by atoms with Crippen molar-refractivity contribution in [2.24, 2.45) is 0 Å². The Labute approximate surface area is 117 Å². The van der Waals surface area contributed by atoms with Gasteiger partial charge in [0.2, 0.25) is 0 Å². The van der Waals surface area contributed by atoms with Crippen LogP contribution in [0.5, 0.6) is 5.75 Å². The molecule has 20 heavy (non-hydrogen) atoms. The average molecular weight is 278 g/mol. The van der Waals surface area contributed by atoms with Gasteiger partial charge in [0.25, 0.3) is 0 Å². The largest absolute Gasteiger partial charge is 0.496 e. The highest BCUT2D eigenvalue weighted by molar-refractivity contribution is 5.91. The van der Waals surface area contributed by atoms with E-state index in [0.29, 0.717) is 5.75 Å². The van der Waals surface area contributed by atoms with Crippen molar-refractivity contribution in [2.45, 2.75) is 13.8 Å². The fraction of sp³-hybridized carbons (Fsp3) is 0.200. The van der Waals surface area contributed by atoms with Gasteiger partial charge in [-0.25, -0.2) is 9.59 Å². The minimum atomic E-state index is -0.935. The van der Waals surface area contributed by atoms with Crippen LogP contribution in [-0.4, -0.2) is 29.3 Å². The lowest BCUT2D eigenvalue weighted by Crippen LogP contribution is -1.96. The Bertz CT molecular complexity index is 517. The molecule has 0 aliphatic carbocycles. The zero-order valence-corrected chi connectivity index (χ0v) is 11.7. The third-order valence-corrected chi connectivity index (χ3v) is 2.21. The normalized spacial score (nSPS) is 10.1. The van der Waals surface area contributed by atoms with Crippen LogP contribution in [0.1, 0.15) is 19.4 Å². The van der Waals surface area contributed by atoms with E-state index in [2.05, 4.69) is 6.58 Å². The van der Waals surface area contributed by atoms with E-state index in [4.69, 9.17) is 14.9 Å². The molecule has 0 fully saturated rings. The third kappa shape index (κ3) is 6.39. The SMILES string of the molecule is C=C(C)C(=O)O.COc1ccccc1C=C(C)C(=O)O. The lowest BCUT2D eigenvalue weighted by Gasteiger charge is -2.03. The Kier molecular flexibility index (Phi) is 7.43. The zero-order valence-electron chi connectivity index (χ0n) is 11.7. The van der Waals surface area contributed by atoms with Gasteiger partial charge in [-0.1, -0.05) is 24.8 Å². The molecular weight excluding hydrogens is 260 g/mol. The highest BCUT2D eigenvalue weighted by Gasteiger charge is 2.03. The Balaban J connectivity index is 0.000000511. The molecule has 2 N–H and O–H groups in total. The van der Waals surface area contributed by atoms with Crippen LogP contribution in [0.25, 0.3) is 6.08 Å². The molecule has 0 radical (unpaired) electrons. The molecule has 0 saturated heterocycles. The van der Waals surface area contributed by atoms with Crippen molar-refractivity contribution >= 4 is 18.0 Å². The molecule has 1 rings (SSSR count). The maximum absolute atomic E-state index is 10.6. The van der Waals surface area contributed by atoms with Crippen LogP contribution >= 0.6 is 0 Å². The summed E-state index contributed by atoms with van der Waals surface area (Å²) in [4.78, 5) is 20.2. The summed E-state index contributed by atoms with van der Waals surface area (Å²) in [6.07, 6.45) is 1.58. The van der Waals surface area contributed by atoms with Gasteiger partial charge in [-0.15, -0.1) is 0 Å². The number of carbonyl (C=O) groups is 2. The molecular formula is C15H18O5. The second kappa shape index (κ2) is 8.53. The zero-order chi connectivity index (χ0) is 15.7. The molecule has 1 aromatic carbocycles. The lowest BCUT2D eigenvalue weighted by atomic mass is 10.1. The molecule has 1 aromatic rings. The molecule has 0 spiro atoms. The third-order valence-electron chi connectivity index (χ3n) is 2.21. The molecule has 0 bridgehead atoms. The number of carboxylic acids is 2. The Morgan fingerprint density at radius 1 is 1.15 bits per heavy atom. The van der Waals surface area contributed by atoms with Gasteiger partial charge in [-0.3, -0.25) is 0 Å².